The largest absolute Gasteiger partial charge is 0.497 e. The molecule has 1 aromatic rings. The molecule has 5 heteroatoms. The van der Waals surface area contributed by atoms with Crippen LogP contribution in [0.15, 0.2) is 36.9 Å². The first kappa shape index (κ1) is 24.9. The third kappa shape index (κ3) is 8.91. The van der Waals surface area contributed by atoms with Gasteiger partial charge in [-0.05, 0) is 55.1 Å². The molecule has 0 aliphatic rings. The summed E-state index contributed by atoms with van der Waals surface area (Å²) in [4.78, 5) is 0. The molecular weight excluding hydrogens is 368 g/mol. The molecule has 1 aromatic carbocycles. The van der Waals surface area contributed by atoms with Crippen LogP contribution in [0.3, 0.4) is 0 Å². The Morgan fingerprint density at radius 1 is 1.14 bits per heavy atom. The number of unbranched alkanes of at least 4 members (excludes halogenated alkanes) is 1. The third-order valence-electron chi connectivity index (χ3n) is 5.54. The van der Waals surface area contributed by atoms with Gasteiger partial charge in [0.25, 0.3) is 0 Å². The van der Waals surface area contributed by atoms with E-state index >= 15 is 0 Å². The number of benzene rings is 1. The topological polar surface area (TPSA) is 47.9 Å². The molecule has 160 valence electrons. The Morgan fingerprint density at radius 3 is 2.32 bits per heavy atom. The molecule has 2 atom stereocenters. The molecule has 0 aliphatic heterocycles. The van der Waals surface area contributed by atoms with Gasteiger partial charge in [0.1, 0.15) is 5.75 Å². The molecule has 0 spiro atoms. The average molecular weight is 409 g/mol. The molecule has 4 nitrogen and oxygen atoms in total. The highest BCUT2D eigenvalue weighted by atomic mass is 28.4. The maximum Gasteiger partial charge on any atom is 0.192 e. The molecule has 0 radical (unpaired) electrons. The van der Waals surface area contributed by atoms with Gasteiger partial charge in [-0.25, -0.2) is 0 Å². The minimum Gasteiger partial charge on any atom is -0.497 e. The molecule has 28 heavy (non-hydrogen) atoms. The second kappa shape index (κ2) is 11.8. The van der Waals surface area contributed by atoms with Gasteiger partial charge in [-0.2, -0.15) is 0 Å². The van der Waals surface area contributed by atoms with Gasteiger partial charge in [0.15, 0.2) is 8.32 Å². The van der Waals surface area contributed by atoms with E-state index < -0.39 is 14.4 Å². The summed E-state index contributed by atoms with van der Waals surface area (Å²) in [5.41, 5.74) is 1.15. The Balaban J connectivity index is 2.39. The number of rotatable bonds is 13. The van der Waals surface area contributed by atoms with Crippen LogP contribution in [-0.4, -0.2) is 39.3 Å². The van der Waals surface area contributed by atoms with Gasteiger partial charge >= 0.3 is 0 Å². The lowest BCUT2D eigenvalue weighted by molar-refractivity contribution is 0.0920. The average Bonchev–Trinajstić information content (AvgIpc) is 2.63. The summed E-state index contributed by atoms with van der Waals surface area (Å²) in [6.07, 6.45) is 4.70. The van der Waals surface area contributed by atoms with Crippen LogP contribution in [0.5, 0.6) is 5.75 Å². The Bertz CT molecular complexity index is 563. The van der Waals surface area contributed by atoms with Crippen molar-refractivity contribution in [2.75, 3.05) is 13.7 Å². The fraction of sp³-hybridized carbons (Fsp3) is 0.652. The number of aliphatic hydroxyl groups excluding tert-OH is 1. The lowest BCUT2D eigenvalue weighted by Gasteiger charge is -2.39. The standard InChI is InChI=1S/C23H40O4Si/c1-8-20(24)17-22(27-28(6,7)23(2,3)4)11-9-10-16-26-18-19-12-14-21(25-5)15-13-19/h8,12-15,20,22,24H,1,9-11,16-18H2,2-7H3/t20-,22+/m0/s1. The van der Waals surface area contributed by atoms with Crippen LogP contribution in [0, 0.1) is 0 Å². The summed E-state index contributed by atoms with van der Waals surface area (Å²) in [6, 6.07) is 7.95. The third-order valence-corrected chi connectivity index (χ3v) is 10.1. The summed E-state index contributed by atoms with van der Waals surface area (Å²) in [7, 11) is -0.194. The summed E-state index contributed by atoms with van der Waals surface area (Å²) >= 11 is 0. The van der Waals surface area contributed by atoms with Gasteiger partial charge in [0.05, 0.1) is 19.8 Å². The van der Waals surface area contributed by atoms with Crippen LogP contribution in [0.1, 0.15) is 52.0 Å². The van der Waals surface area contributed by atoms with Crippen molar-refractivity contribution in [3.05, 3.63) is 42.5 Å². The molecule has 0 bridgehead atoms. The first-order valence-electron chi connectivity index (χ1n) is 10.3. The summed E-state index contributed by atoms with van der Waals surface area (Å²) in [5.74, 6) is 0.859. The minimum atomic E-state index is -1.86. The maximum absolute atomic E-state index is 10.0. The quantitative estimate of drug-likeness (QED) is 0.258. The molecule has 0 unspecified atom stereocenters. The maximum atomic E-state index is 10.0. The van der Waals surface area contributed by atoms with Gasteiger partial charge in [-0.15, -0.1) is 6.58 Å². The lowest BCUT2D eigenvalue weighted by atomic mass is 10.1. The van der Waals surface area contributed by atoms with Crippen molar-refractivity contribution in [3.8, 4) is 5.75 Å². The molecule has 0 aromatic heterocycles. The van der Waals surface area contributed by atoms with Crippen LogP contribution in [0.4, 0.5) is 0 Å². The van der Waals surface area contributed by atoms with Crippen molar-refractivity contribution in [3.63, 3.8) is 0 Å². The van der Waals surface area contributed by atoms with E-state index in [9.17, 15) is 5.11 Å². The van der Waals surface area contributed by atoms with E-state index in [1.54, 1.807) is 13.2 Å². The van der Waals surface area contributed by atoms with Crippen molar-refractivity contribution in [1.82, 2.24) is 0 Å². The Labute approximate surface area is 173 Å². The Kier molecular flexibility index (Phi) is 10.5. The van der Waals surface area contributed by atoms with Crippen LogP contribution in [-0.2, 0) is 15.8 Å². The van der Waals surface area contributed by atoms with Gasteiger partial charge in [-0.3, -0.25) is 0 Å². The molecule has 0 heterocycles. The zero-order valence-electron chi connectivity index (χ0n) is 18.7. The fourth-order valence-corrected chi connectivity index (χ4v) is 4.07. The molecule has 0 saturated heterocycles. The van der Waals surface area contributed by atoms with Crippen molar-refractivity contribution >= 4 is 8.32 Å². The fourth-order valence-electron chi connectivity index (χ4n) is 2.67. The molecule has 1 rings (SSSR count). The van der Waals surface area contributed by atoms with Crippen molar-refractivity contribution < 1.29 is 19.0 Å². The van der Waals surface area contributed by atoms with E-state index in [0.29, 0.717) is 13.0 Å². The number of methoxy groups -OCH3 is 1. The van der Waals surface area contributed by atoms with Crippen LogP contribution >= 0.6 is 0 Å². The van der Waals surface area contributed by atoms with Gasteiger partial charge in [-0.1, -0.05) is 39.0 Å². The minimum absolute atomic E-state index is 0.0653. The van der Waals surface area contributed by atoms with E-state index in [4.69, 9.17) is 13.9 Å². The number of ether oxygens (including phenoxy) is 2. The number of hydrogen-bond acceptors (Lipinski definition) is 4. The van der Waals surface area contributed by atoms with Crippen LogP contribution in [0.2, 0.25) is 18.1 Å². The van der Waals surface area contributed by atoms with E-state index in [1.165, 1.54) is 0 Å². The second-order valence-electron chi connectivity index (χ2n) is 8.94. The molecule has 0 amide bonds. The van der Waals surface area contributed by atoms with E-state index in [0.717, 1.165) is 37.2 Å². The summed E-state index contributed by atoms with van der Waals surface area (Å²) < 4.78 is 17.5. The van der Waals surface area contributed by atoms with Crippen LogP contribution < -0.4 is 4.74 Å². The van der Waals surface area contributed by atoms with Gasteiger partial charge in [0, 0.05) is 19.1 Å². The zero-order valence-corrected chi connectivity index (χ0v) is 19.7. The predicted octanol–water partition coefficient (Wildman–Crippen LogP) is 5.71. The van der Waals surface area contributed by atoms with Crippen molar-refractivity contribution in [2.45, 2.75) is 83.4 Å². The Hall–Kier alpha value is -1.14. The molecule has 1 N–H and O–H groups in total. The highest BCUT2D eigenvalue weighted by Gasteiger charge is 2.39. The Morgan fingerprint density at radius 2 is 1.79 bits per heavy atom. The predicted molar refractivity (Wildman–Crippen MR) is 119 cm³/mol. The van der Waals surface area contributed by atoms with E-state index in [1.807, 2.05) is 24.3 Å². The smallest absolute Gasteiger partial charge is 0.192 e. The molecular formula is C23H40O4Si. The van der Waals surface area contributed by atoms with Gasteiger partial charge < -0.3 is 19.0 Å². The molecule has 0 saturated carbocycles. The first-order chi connectivity index (χ1) is 13.1. The summed E-state index contributed by atoms with van der Waals surface area (Å²) in [6.45, 7) is 16.3. The van der Waals surface area contributed by atoms with Gasteiger partial charge in [0.2, 0.25) is 0 Å². The lowest BCUT2D eigenvalue weighted by Crippen LogP contribution is -2.44. The van der Waals surface area contributed by atoms with Crippen LogP contribution in [0.25, 0.3) is 0 Å². The zero-order chi connectivity index (χ0) is 21.2. The second-order valence-corrected chi connectivity index (χ2v) is 13.7. The van der Waals surface area contributed by atoms with E-state index in [2.05, 4.69) is 40.4 Å². The monoisotopic (exact) mass is 408 g/mol. The van der Waals surface area contributed by atoms with Crippen molar-refractivity contribution in [1.29, 1.82) is 0 Å². The van der Waals surface area contributed by atoms with E-state index in [-0.39, 0.29) is 11.1 Å². The molecule has 0 fully saturated rings. The number of aliphatic hydroxyl groups is 1. The highest BCUT2D eigenvalue weighted by Crippen LogP contribution is 2.38. The number of hydrogen-bond donors (Lipinski definition) is 1. The highest BCUT2D eigenvalue weighted by molar-refractivity contribution is 6.74. The SMILES string of the molecule is C=C[C@H](O)C[C@@H](CCCCOCc1ccc(OC)cc1)O[Si](C)(C)C(C)(C)C. The normalized spacial score (nSPS) is 14.5. The summed E-state index contributed by atoms with van der Waals surface area (Å²) in [5, 5.41) is 10.2. The van der Waals surface area contributed by atoms with Crippen molar-refractivity contribution in [2.24, 2.45) is 0 Å². The first-order valence-corrected chi connectivity index (χ1v) is 13.2. The molecule has 0 aliphatic carbocycles.